The van der Waals surface area contributed by atoms with Gasteiger partial charge in [0.05, 0.1) is 33.5 Å². The molecule has 3 aliphatic rings. The molecule has 0 bridgehead atoms. The SMILES string of the molecule is COc1ccc(-c2oc3cc(O[C@@H]4O[C@H](CO[C@H]5O[C@H](C)[C@@H](O)[C@H](O)[C@@H]5O)[C@@H](O)[C@H](O)[C@H]4O[C@@H]4O[C@H](CO)[C@@H](O)[C@H](O)[C@H]4O)cc(O)c3c(=O)c2OC)cc1O. The number of aliphatic hydroxyl groups excluding tert-OH is 9. The number of aliphatic hydroxyl groups is 9. The van der Waals surface area contributed by atoms with Crippen molar-refractivity contribution in [2.75, 3.05) is 27.4 Å². The fourth-order valence-electron chi connectivity index (χ4n) is 6.62. The van der Waals surface area contributed by atoms with Gasteiger partial charge < -0.3 is 98.5 Å². The van der Waals surface area contributed by atoms with E-state index >= 15 is 0 Å². The van der Waals surface area contributed by atoms with E-state index in [2.05, 4.69) is 0 Å². The Labute approximate surface area is 316 Å². The zero-order valence-electron chi connectivity index (χ0n) is 30.0. The van der Waals surface area contributed by atoms with Gasteiger partial charge in [-0.3, -0.25) is 4.79 Å². The fourth-order valence-corrected chi connectivity index (χ4v) is 6.62. The number of hydrogen-bond donors (Lipinski definition) is 11. The van der Waals surface area contributed by atoms with E-state index in [1.165, 1.54) is 39.3 Å². The minimum Gasteiger partial charge on any atom is -0.507 e. The molecule has 21 nitrogen and oxygen atoms in total. The molecule has 0 amide bonds. The number of phenols is 2. The van der Waals surface area contributed by atoms with Gasteiger partial charge in [-0.15, -0.1) is 0 Å². The predicted molar refractivity (Wildman–Crippen MR) is 183 cm³/mol. The van der Waals surface area contributed by atoms with Crippen molar-refractivity contribution in [2.45, 2.75) is 99.0 Å². The molecule has 3 saturated heterocycles. The Hall–Kier alpha value is -3.91. The van der Waals surface area contributed by atoms with Gasteiger partial charge in [-0.1, -0.05) is 0 Å². The van der Waals surface area contributed by atoms with Crippen molar-refractivity contribution in [3.05, 3.63) is 40.6 Å². The Kier molecular flexibility index (Phi) is 12.6. The zero-order valence-corrected chi connectivity index (χ0v) is 30.0. The summed E-state index contributed by atoms with van der Waals surface area (Å²) in [5, 5.41) is 115. The molecule has 11 N–H and O–H groups in total. The summed E-state index contributed by atoms with van der Waals surface area (Å²) in [6, 6.07) is 6.26. The van der Waals surface area contributed by atoms with Crippen LogP contribution in [0.25, 0.3) is 22.3 Å². The fraction of sp³-hybridized carbons (Fsp3) is 0.571. The minimum absolute atomic E-state index is 0.126. The van der Waals surface area contributed by atoms with Gasteiger partial charge in [0, 0.05) is 17.7 Å². The Morgan fingerprint density at radius 3 is 2.02 bits per heavy atom. The molecule has 3 aliphatic heterocycles. The molecule has 0 aliphatic carbocycles. The summed E-state index contributed by atoms with van der Waals surface area (Å²) in [6.45, 7) is -0.0457. The molecule has 3 aromatic rings. The summed E-state index contributed by atoms with van der Waals surface area (Å²) in [4.78, 5) is 13.6. The van der Waals surface area contributed by atoms with Crippen LogP contribution in [0.2, 0.25) is 0 Å². The van der Waals surface area contributed by atoms with Crippen LogP contribution in [0, 0.1) is 0 Å². The first kappa shape index (κ1) is 41.7. The number of ether oxygens (including phenoxy) is 8. The van der Waals surface area contributed by atoms with Crippen LogP contribution in [0.15, 0.2) is 39.5 Å². The van der Waals surface area contributed by atoms with Gasteiger partial charge in [-0.25, -0.2) is 0 Å². The lowest BCUT2D eigenvalue weighted by Crippen LogP contribution is -2.65. The molecule has 2 aromatic carbocycles. The van der Waals surface area contributed by atoms with Crippen molar-refractivity contribution >= 4 is 11.0 Å². The van der Waals surface area contributed by atoms with Crippen molar-refractivity contribution in [1.29, 1.82) is 0 Å². The molecule has 21 heteroatoms. The van der Waals surface area contributed by atoms with E-state index in [9.17, 15) is 61.0 Å². The quantitative estimate of drug-likeness (QED) is 0.0907. The Morgan fingerprint density at radius 2 is 1.36 bits per heavy atom. The summed E-state index contributed by atoms with van der Waals surface area (Å²) in [5.74, 6) is -1.61. The highest BCUT2D eigenvalue weighted by Crippen LogP contribution is 2.40. The van der Waals surface area contributed by atoms with Gasteiger partial charge in [0.25, 0.3) is 0 Å². The molecule has 4 heterocycles. The smallest absolute Gasteiger partial charge is 0.239 e. The first-order valence-corrected chi connectivity index (χ1v) is 17.3. The van der Waals surface area contributed by atoms with E-state index < -0.39 is 117 Å². The number of hydrogen-bond acceptors (Lipinski definition) is 21. The second-order valence-corrected chi connectivity index (χ2v) is 13.5. The Morgan fingerprint density at radius 1 is 0.696 bits per heavy atom. The number of aromatic hydroxyl groups is 2. The van der Waals surface area contributed by atoms with E-state index in [0.29, 0.717) is 0 Å². The molecule has 56 heavy (non-hydrogen) atoms. The third-order valence-corrected chi connectivity index (χ3v) is 9.82. The van der Waals surface area contributed by atoms with Gasteiger partial charge in [0.2, 0.25) is 17.5 Å². The first-order chi connectivity index (χ1) is 26.6. The molecular weight excluding hydrogens is 756 g/mol. The van der Waals surface area contributed by atoms with Crippen LogP contribution in [0.5, 0.6) is 28.7 Å². The Bertz CT molecular complexity index is 1890. The summed E-state index contributed by atoms with van der Waals surface area (Å²) in [7, 11) is 2.54. The lowest BCUT2D eigenvalue weighted by molar-refractivity contribution is -0.362. The topological polar surface area (TPSA) is 327 Å². The molecule has 310 valence electrons. The van der Waals surface area contributed by atoms with Gasteiger partial charge >= 0.3 is 0 Å². The number of benzene rings is 2. The van der Waals surface area contributed by atoms with E-state index in [1.54, 1.807) is 0 Å². The molecule has 0 radical (unpaired) electrons. The highest BCUT2D eigenvalue weighted by Gasteiger charge is 2.52. The van der Waals surface area contributed by atoms with Gasteiger partial charge in [-0.05, 0) is 25.1 Å². The highest BCUT2D eigenvalue weighted by molar-refractivity contribution is 5.88. The van der Waals surface area contributed by atoms with Crippen LogP contribution in [0.1, 0.15) is 6.92 Å². The monoisotopic (exact) mass is 800 g/mol. The third kappa shape index (κ3) is 7.84. The number of fused-ring (bicyclic) bond motifs is 1. The lowest BCUT2D eigenvalue weighted by Gasteiger charge is -2.46. The van der Waals surface area contributed by atoms with Crippen LogP contribution in [-0.4, -0.2) is 176 Å². The summed E-state index contributed by atoms with van der Waals surface area (Å²) >= 11 is 0. The van der Waals surface area contributed by atoms with Crippen LogP contribution in [0.3, 0.4) is 0 Å². The molecule has 3 fully saturated rings. The van der Waals surface area contributed by atoms with E-state index in [4.69, 9.17) is 42.3 Å². The van der Waals surface area contributed by atoms with Gasteiger partial charge in [-0.2, -0.15) is 0 Å². The largest absolute Gasteiger partial charge is 0.507 e. The van der Waals surface area contributed by atoms with Crippen LogP contribution < -0.4 is 19.6 Å². The van der Waals surface area contributed by atoms with Crippen molar-refractivity contribution in [3.8, 4) is 40.1 Å². The molecule has 15 atom stereocenters. The van der Waals surface area contributed by atoms with Crippen molar-refractivity contribution in [3.63, 3.8) is 0 Å². The summed E-state index contributed by atoms with van der Waals surface area (Å²) in [6.07, 6.45) is -25.3. The standard InChI is InChI=1S/C35H44O21/c1-11-21(39)25(43)28(46)33(51-11)50-10-19-23(41)27(45)32(56-34-29(47)26(44)22(40)18(9-36)54-34)35(55-19)52-13-7-15(38)20-17(8-13)53-30(31(49-3)24(20)42)12-4-5-16(48-2)14(37)6-12/h4-8,11,18-19,21-23,25-29,32-41,43-47H,9-10H2,1-3H3/t11-,18-,19-,21-,22-,23-,25+,26+,27+,28+,29-,32-,33+,34+,35-/m1/s1. The maximum absolute atomic E-state index is 13.6. The molecule has 0 unspecified atom stereocenters. The molecular formula is C35H44O21. The predicted octanol–water partition coefficient (Wildman–Crippen LogP) is -3.26. The Balaban J connectivity index is 1.34. The highest BCUT2D eigenvalue weighted by atomic mass is 16.8. The van der Waals surface area contributed by atoms with E-state index in [-0.39, 0.29) is 45.3 Å². The van der Waals surface area contributed by atoms with Gasteiger partial charge in [0.15, 0.2) is 35.9 Å². The molecule has 1 aromatic heterocycles. The van der Waals surface area contributed by atoms with Gasteiger partial charge in [0.1, 0.15) is 83.5 Å². The lowest BCUT2D eigenvalue weighted by atomic mass is 9.97. The molecule has 6 rings (SSSR count). The normalized spacial score (nSPS) is 36.3. The maximum atomic E-state index is 13.6. The minimum atomic E-state index is -1.98. The third-order valence-electron chi connectivity index (χ3n) is 9.82. The zero-order chi connectivity index (χ0) is 40.7. The number of methoxy groups -OCH3 is 2. The molecule has 0 saturated carbocycles. The van der Waals surface area contributed by atoms with Crippen molar-refractivity contribution < 1.29 is 98.5 Å². The number of rotatable bonds is 11. The van der Waals surface area contributed by atoms with E-state index in [0.717, 1.165) is 12.1 Å². The average Bonchev–Trinajstić information content (AvgIpc) is 3.17. The molecule has 0 spiro atoms. The second-order valence-electron chi connectivity index (χ2n) is 13.5. The number of phenolic OH excluding ortho intramolecular Hbond substituents is 2. The van der Waals surface area contributed by atoms with Crippen LogP contribution in [0.4, 0.5) is 0 Å². The average molecular weight is 801 g/mol. The van der Waals surface area contributed by atoms with Crippen LogP contribution >= 0.6 is 0 Å². The second kappa shape index (κ2) is 16.9. The van der Waals surface area contributed by atoms with E-state index in [1.807, 2.05) is 0 Å². The first-order valence-electron chi connectivity index (χ1n) is 17.3. The summed E-state index contributed by atoms with van der Waals surface area (Å²) in [5.41, 5.74) is -0.898. The van der Waals surface area contributed by atoms with Crippen molar-refractivity contribution in [2.24, 2.45) is 0 Å². The maximum Gasteiger partial charge on any atom is 0.239 e. The van der Waals surface area contributed by atoms with Crippen molar-refractivity contribution in [1.82, 2.24) is 0 Å². The van der Waals surface area contributed by atoms with Crippen LogP contribution in [-0.2, 0) is 23.7 Å². The summed E-state index contributed by atoms with van der Waals surface area (Å²) < 4.78 is 50.5.